The maximum atomic E-state index is 10.6. The summed E-state index contributed by atoms with van der Waals surface area (Å²) in [6.45, 7) is 0. The molecule has 3 heterocycles. The Kier molecular flexibility index (Phi) is 6.61. The average Bonchev–Trinajstić information content (AvgIpc) is 3.88. The molecule has 0 amide bonds. The topological polar surface area (TPSA) is 62.4 Å². The van der Waals surface area contributed by atoms with Gasteiger partial charge in [-0.15, -0.1) is 0 Å². The van der Waals surface area contributed by atoms with Gasteiger partial charge in [0.2, 0.25) is 0 Å². The van der Waals surface area contributed by atoms with Gasteiger partial charge in [0.15, 0.2) is 0 Å². The molecule has 5 heteroatoms. The van der Waals surface area contributed by atoms with Gasteiger partial charge in [0.25, 0.3) is 0 Å². The Bertz CT molecular complexity index is 3350. The number of rotatable bonds is 4. The van der Waals surface area contributed by atoms with E-state index < -0.39 is 0 Å². The van der Waals surface area contributed by atoms with Gasteiger partial charge in [0.05, 0.1) is 62.1 Å². The predicted octanol–water partition coefficient (Wildman–Crippen LogP) is 12.4. The van der Waals surface area contributed by atoms with Crippen LogP contribution in [-0.2, 0) is 0 Å². The molecule has 0 saturated carbocycles. The normalized spacial score (nSPS) is 11.6. The van der Waals surface area contributed by atoms with Crippen molar-refractivity contribution in [2.24, 2.45) is 0 Å². The van der Waals surface area contributed by atoms with E-state index in [2.05, 4.69) is 171 Å². The molecule has 0 bridgehead atoms. The number of benzene rings is 8. The number of aromatic nitrogens is 3. The molecular formula is C50H29N5. The number of para-hydroxylation sites is 4. The molecule has 5 nitrogen and oxygen atoms in total. The minimum absolute atomic E-state index is 0.590. The summed E-state index contributed by atoms with van der Waals surface area (Å²) in [6, 6.07) is 65.9. The van der Waals surface area contributed by atoms with Gasteiger partial charge in [-0.1, -0.05) is 91.0 Å². The van der Waals surface area contributed by atoms with Crippen LogP contribution in [0.25, 0.3) is 93.6 Å². The van der Waals surface area contributed by atoms with Crippen LogP contribution >= 0.6 is 0 Å². The van der Waals surface area contributed by atoms with Crippen LogP contribution in [0.3, 0.4) is 0 Å². The van der Waals surface area contributed by atoms with Crippen molar-refractivity contribution in [2.75, 3.05) is 0 Å². The molecule has 0 atom stereocenters. The molecule has 11 rings (SSSR count). The van der Waals surface area contributed by atoms with Crippen molar-refractivity contribution in [3.05, 3.63) is 187 Å². The molecule has 3 aromatic heterocycles. The number of nitrogens with zero attached hydrogens (tertiary/aromatic N) is 5. The standard InChI is InChI=1S/C50H29N5/c51-30-32-20-26-47-41(28-32)42-29-36(54-45-17-7-3-13-39(45)40-14-4-8-18-46(40)54)25-27-48(42)55(47)49-19-9-10-34(31-52)50(49)33-21-23-35(24-22-33)53-43-15-5-1-11-37(43)38-12-2-6-16-44(38)53/h1-29H. The Balaban J connectivity index is 1.13. The summed E-state index contributed by atoms with van der Waals surface area (Å²) >= 11 is 0. The largest absolute Gasteiger partial charge is 0.309 e. The number of nitriles is 2. The van der Waals surface area contributed by atoms with Crippen LogP contribution in [0.5, 0.6) is 0 Å². The summed E-state index contributed by atoms with van der Waals surface area (Å²) in [7, 11) is 0. The molecule has 0 unspecified atom stereocenters. The highest BCUT2D eigenvalue weighted by atomic mass is 15.0. The zero-order chi connectivity index (χ0) is 36.6. The van der Waals surface area contributed by atoms with E-state index in [0.29, 0.717) is 11.1 Å². The number of hydrogen-bond acceptors (Lipinski definition) is 2. The SMILES string of the molecule is N#Cc1ccc2c(c1)c1cc(-n3c4ccccc4c4ccccc43)ccc1n2-c1cccc(C#N)c1-c1ccc(-n2c3ccccc3c3ccccc32)cc1. The van der Waals surface area contributed by atoms with E-state index in [4.69, 9.17) is 0 Å². The van der Waals surface area contributed by atoms with E-state index in [-0.39, 0.29) is 0 Å². The van der Waals surface area contributed by atoms with Gasteiger partial charge >= 0.3 is 0 Å². The zero-order valence-electron chi connectivity index (χ0n) is 29.5. The maximum Gasteiger partial charge on any atom is 0.0998 e. The summed E-state index contributed by atoms with van der Waals surface area (Å²) in [5, 5.41) is 27.4. The third kappa shape index (κ3) is 4.45. The van der Waals surface area contributed by atoms with Crippen molar-refractivity contribution in [3.63, 3.8) is 0 Å². The summed E-state index contributed by atoms with van der Waals surface area (Å²) in [5.41, 5.74) is 12.5. The highest BCUT2D eigenvalue weighted by Crippen LogP contribution is 2.41. The molecule has 0 fully saturated rings. The summed E-state index contributed by atoms with van der Waals surface area (Å²) < 4.78 is 6.88. The average molecular weight is 700 g/mol. The van der Waals surface area contributed by atoms with Crippen molar-refractivity contribution in [3.8, 4) is 40.3 Å². The van der Waals surface area contributed by atoms with E-state index in [0.717, 1.165) is 72.1 Å². The van der Waals surface area contributed by atoms with Gasteiger partial charge in [-0.05, 0) is 90.5 Å². The first kappa shape index (κ1) is 30.7. The quantitative estimate of drug-likeness (QED) is 0.184. The summed E-state index contributed by atoms with van der Waals surface area (Å²) in [4.78, 5) is 0. The second kappa shape index (κ2) is 11.8. The van der Waals surface area contributed by atoms with Gasteiger partial charge in [0.1, 0.15) is 0 Å². The van der Waals surface area contributed by atoms with Crippen LogP contribution < -0.4 is 0 Å². The Morgan fingerprint density at radius 2 is 0.818 bits per heavy atom. The lowest BCUT2D eigenvalue weighted by molar-refractivity contribution is 1.16. The van der Waals surface area contributed by atoms with Crippen LogP contribution in [0.1, 0.15) is 11.1 Å². The summed E-state index contributed by atoms with van der Waals surface area (Å²) in [6.07, 6.45) is 0. The molecule has 0 spiro atoms. The fourth-order valence-corrected chi connectivity index (χ4v) is 8.78. The van der Waals surface area contributed by atoms with Crippen LogP contribution in [0.2, 0.25) is 0 Å². The Morgan fingerprint density at radius 1 is 0.345 bits per heavy atom. The molecule has 0 aliphatic carbocycles. The van der Waals surface area contributed by atoms with Crippen LogP contribution in [0.4, 0.5) is 0 Å². The fourth-order valence-electron chi connectivity index (χ4n) is 8.78. The molecule has 55 heavy (non-hydrogen) atoms. The molecular weight excluding hydrogens is 671 g/mol. The fraction of sp³-hybridized carbons (Fsp3) is 0. The van der Waals surface area contributed by atoms with Crippen LogP contribution in [0, 0.1) is 22.7 Å². The minimum Gasteiger partial charge on any atom is -0.309 e. The van der Waals surface area contributed by atoms with E-state index in [9.17, 15) is 10.5 Å². The molecule has 0 saturated heterocycles. The smallest absolute Gasteiger partial charge is 0.0998 e. The van der Waals surface area contributed by atoms with Crippen LogP contribution in [0.15, 0.2) is 176 Å². The van der Waals surface area contributed by atoms with Gasteiger partial charge in [-0.2, -0.15) is 10.5 Å². The molecule has 11 aromatic rings. The van der Waals surface area contributed by atoms with Crippen molar-refractivity contribution >= 4 is 65.4 Å². The molecule has 0 aliphatic heterocycles. The van der Waals surface area contributed by atoms with Crippen molar-refractivity contribution in [1.82, 2.24) is 13.7 Å². The Morgan fingerprint density at radius 3 is 1.36 bits per heavy atom. The predicted molar refractivity (Wildman–Crippen MR) is 224 cm³/mol. The van der Waals surface area contributed by atoms with Gasteiger partial charge < -0.3 is 13.7 Å². The lowest BCUT2D eigenvalue weighted by Crippen LogP contribution is -2.00. The van der Waals surface area contributed by atoms with E-state index in [1.165, 1.54) is 21.5 Å². The van der Waals surface area contributed by atoms with Crippen molar-refractivity contribution < 1.29 is 0 Å². The Labute approximate surface area is 316 Å². The third-order valence-electron chi connectivity index (χ3n) is 11.1. The second-order valence-corrected chi connectivity index (χ2v) is 14.0. The van der Waals surface area contributed by atoms with E-state index in [1.807, 2.05) is 30.3 Å². The van der Waals surface area contributed by atoms with E-state index >= 15 is 0 Å². The highest BCUT2D eigenvalue weighted by Gasteiger charge is 2.21. The lowest BCUT2D eigenvalue weighted by atomic mass is 9.97. The molecule has 8 aromatic carbocycles. The molecule has 254 valence electrons. The molecule has 0 aliphatic rings. The minimum atomic E-state index is 0.590. The lowest BCUT2D eigenvalue weighted by Gasteiger charge is -2.16. The van der Waals surface area contributed by atoms with Crippen molar-refractivity contribution in [1.29, 1.82) is 10.5 Å². The summed E-state index contributed by atoms with van der Waals surface area (Å²) in [5.74, 6) is 0. The monoisotopic (exact) mass is 699 g/mol. The Hall–Kier alpha value is -7.86. The number of hydrogen-bond donors (Lipinski definition) is 0. The second-order valence-electron chi connectivity index (χ2n) is 14.0. The maximum absolute atomic E-state index is 10.6. The van der Waals surface area contributed by atoms with E-state index in [1.54, 1.807) is 0 Å². The molecule has 0 N–H and O–H groups in total. The van der Waals surface area contributed by atoms with Gasteiger partial charge in [-0.3, -0.25) is 0 Å². The van der Waals surface area contributed by atoms with Crippen LogP contribution in [-0.4, -0.2) is 13.7 Å². The first-order valence-corrected chi connectivity index (χ1v) is 18.3. The number of fused-ring (bicyclic) bond motifs is 9. The highest BCUT2D eigenvalue weighted by molar-refractivity contribution is 6.13. The first-order valence-electron chi connectivity index (χ1n) is 18.3. The first-order chi connectivity index (χ1) is 27.2. The molecule has 0 radical (unpaired) electrons. The third-order valence-corrected chi connectivity index (χ3v) is 11.1. The van der Waals surface area contributed by atoms with Crippen molar-refractivity contribution in [2.45, 2.75) is 0 Å². The zero-order valence-corrected chi connectivity index (χ0v) is 29.5. The van der Waals surface area contributed by atoms with Gasteiger partial charge in [-0.25, -0.2) is 0 Å². The van der Waals surface area contributed by atoms with Gasteiger partial charge in [0, 0.05) is 49.3 Å².